The third kappa shape index (κ3) is 2.70. The van der Waals surface area contributed by atoms with E-state index in [1.54, 1.807) is 13.0 Å². The average molecular weight is 346 g/mol. The van der Waals surface area contributed by atoms with Crippen LogP contribution < -0.4 is 16.1 Å². The van der Waals surface area contributed by atoms with Crippen LogP contribution in [0.2, 0.25) is 0 Å². The number of nitrogens with zero attached hydrogens (tertiary/aromatic N) is 3. The van der Waals surface area contributed by atoms with E-state index in [0.717, 1.165) is 12.1 Å². The number of carbonyl (C=O) groups excluding carboxylic acids is 1. The topological polar surface area (TPSA) is 117 Å². The molecule has 4 N–H and O–H groups in total. The summed E-state index contributed by atoms with van der Waals surface area (Å²) in [5.41, 5.74) is 11.2. The highest BCUT2D eigenvalue weighted by molar-refractivity contribution is 6.57. The van der Waals surface area contributed by atoms with Crippen molar-refractivity contribution in [3.8, 4) is 0 Å². The Balaban J connectivity index is 1.92. The Bertz CT molecular complexity index is 956. The molecule has 3 rings (SSSR count). The van der Waals surface area contributed by atoms with Crippen molar-refractivity contribution in [1.29, 1.82) is 0 Å². The number of anilines is 1. The second kappa shape index (κ2) is 5.95. The Labute approximate surface area is 141 Å². The molecular formula is C16H14F2N5O2+. The van der Waals surface area contributed by atoms with Gasteiger partial charge >= 0.3 is 6.02 Å². The summed E-state index contributed by atoms with van der Waals surface area (Å²) in [5, 5.41) is 0. The maximum absolute atomic E-state index is 14.0. The van der Waals surface area contributed by atoms with E-state index in [0.29, 0.717) is 17.0 Å². The number of rotatable bonds is 3. The quantitative estimate of drug-likeness (QED) is 0.270. The monoisotopic (exact) mass is 346 g/mol. The lowest BCUT2D eigenvalue weighted by Crippen LogP contribution is -2.32. The summed E-state index contributed by atoms with van der Waals surface area (Å²) >= 11 is 0. The summed E-state index contributed by atoms with van der Waals surface area (Å²) in [6.45, 7) is 1.66. The van der Waals surface area contributed by atoms with E-state index in [9.17, 15) is 13.6 Å². The summed E-state index contributed by atoms with van der Waals surface area (Å²) in [5.74, 6) is -2.97. The minimum absolute atomic E-state index is 0.0426. The van der Waals surface area contributed by atoms with Crippen LogP contribution >= 0.6 is 0 Å². The van der Waals surface area contributed by atoms with Crippen LogP contribution in [0.1, 0.15) is 17.3 Å². The maximum atomic E-state index is 14.0. The number of ketones is 1. The van der Waals surface area contributed by atoms with Gasteiger partial charge in [-0.2, -0.15) is 4.67 Å². The van der Waals surface area contributed by atoms with Gasteiger partial charge in [-0.25, -0.2) is 24.5 Å². The SMILES string of the molecule is COC(N)=[N+]=C(C)C1=NC2N=C(C(=O)c3c(F)ccc(N)c3F)C2=C1. The van der Waals surface area contributed by atoms with E-state index in [-0.39, 0.29) is 17.4 Å². The normalized spacial score (nSPS) is 17.4. The Morgan fingerprint density at radius 1 is 1.32 bits per heavy atom. The molecular weight excluding hydrogens is 332 g/mol. The van der Waals surface area contributed by atoms with Crippen molar-refractivity contribution >= 4 is 34.6 Å². The minimum atomic E-state index is -1.10. The molecule has 9 heteroatoms. The number of ether oxygens (including phenoxy) is 1. The zero-order valence-corrected chi connectivity index (χ0v) is 13.4. The van der Waals surface area contributed by atoms with E-state index >= 15 is 0 Å². The van der Waals surface area contributed by atoms with Gasteiger partial charge in [-0.15, -0.1) is 0 Å². The molecule has 25 heavy (non-hydrogen) atoms. The summed E-state index contributed by atoms with van der Waals surface area (Å²) in [6.07, 6.45) is 0.990. The van der Waals surface area contributed by atoms with Gasteiger partial charge in [0.15, 0.2) is 12.0 Å². The number of nitrogens with two attached hydrogens (primary N) is 2. The molecule has 2 aliphatic rings. The second-order valence-corrected chi connectivity index (χ2v) is 5.36. The summed E-state index contributed by atoms with van der Waals surface area (Å²) < 4.78 is 36.6. The van der Waals surface area contributed by atoms with E-state index in [4.69, 9.17) is 16.2 Å². The molecule has 1 aromatic rings. The lowest BCUT2D eigenvalue weighted by Gasteiger charge is -2.21. The van der Waals surface area contributed by atoms with Gasteiger partial charge in [-0.3, -0.25) is 4.79 Å². The van der Waals surface area contributed by atoms with Crippen LogP contribution in [0.4, 0.5) is 14.5 Å². The van der Waals surface area contributed by atoms with Crippen molar-refractivity contribution in [2.75, 3.05) is 12.8 Å². The highest BCUT2D eigenvalue weighted by Crippen LogP contribution is 2.30. The number of fused-ring (bicyclic) bond motifs is 1. The van der Waals surface area contributed by atoms with Gasteiger partial charge in [0.25, 0.3) is 0 Å². The van der Waals surface area contributed by atoms with Crippen LogP contribution in [-0.4, -0.2) is 42.2 Å². The van der Waals surface area contributed by atoms with Crippen LogP contribution in [0.3, 0.4) is 0 Å². The number of hydrogen-bond acceptors (Lipinski definition) is 5. The standard InChI is InChI=1S/C16H13F2N5O2/c1-6(21-16(20)25-2)10-5-7-13(23-15(7)22-10)14(24)11-8(17)3-4-9(19)12(11)18/h3-5,15,20H,19H2,1-2H3/p+1. The first-order valence-corrected chi connectivity index (χ1v) is 7.21. The largest absolute Gasteiger partial charge is 0.545 e. The number of methoxy groups -OCH3 is 1. The highest BCUT2D eigenvalue weighted by atomic mass is 19.1. The lowest BCUT2D eigenvalue weighted by atomic mass is 9.93. The van der Waals surface area contributed by atoms with Gasteiger partial charge in [0.05, 0.1) is 18.4 Å². The molecule has 1 atom stereocenters. The molecule has 0 fully saturated rings. The number of aliphatic imine (C=N–C) groups is 2. The number of amidine groups is 1. The number of carbonyl (C=O) groups is 1. The third-order valence-electron chi connectivity index (χ3n) is 3.78. The number of benzene rings is 1. The Morgan fingerprint density at radius 2 is 2.04 bits per heavy atom. The summed E-state index contributed by atoms with van der Waals surface area (Å²) in [4.78, 5) is 20.7. The van der Waals surface area contributed by atoms with Crippen molar-refractivity contribution in [3.63, 3.8) is 0 Å². The maximum Gasteiger partial charge on any atom is 0.545 e. The molecule has 0 bridgehead atoms. The number of Topliss-reactive ketones (excluding diaryl/α,β-unsaturated/α-hetero) is 1. The van der Waals surface area contributed by atoms with Crippen LogP contribution in [0, 0.1) is 11.6 Å². The Kier molecular flexibility index (Phi) is 3.94. The van der Waals surface area contributed by atoms with Crippen LogP contribution in [0.25, 0.3) is 0 Å². The Hall–Kier alpha value is -3.32. The fraction of sp³-hybridized carbons (Fsp3) is 0.188. The first-order valence-electron chi connectivity index (χ1n) is 7.21. The molecule has 2 heterocycles. The van der Waals surface area contributed by atoms with Gasteiger partial charge in [0, 0.05) is 12.5 Å². The Morgan fingerprint density at radius 3 is 2.72 bits per heavy atom. The number of halogens is 2. The van der Waals surface area contributed by atoms with Crippen molar-refractivity contribution < 1.29 is 18.3 Å². The summed E-state index contributed by atoms with van der Waals surface area (Å²) in [6, 6.07) is 1.95. The zero-order chi connectivity index (χ0) is 18.3. The molecule has 1 aromatic carbocycles. The molecule has 0 amide bonds. The van der Waals surface area contributed by atoms with Crippen molar-refractivity contribution in [1.82, 2.24) is 4.67 Å². The van der Waals surface area contributed by atoms with Crippen LogP contribution in [0.15, 0.2) is 33.8 Å². The predicted molar refractivity (Wildman–Crippen MR) is 90.9 cm³/mol. The molecule has 128 valence electrons. The molecule has 0 aromatic heterocycles. The second-order valence-electron chi connectivity index (χ2n) is 5.36. The van der Waals surface area contributed by atoms with Crippen molar-refractivity contribution in [3.05, 3.63) is 41.0 Å². The molecule has 0 aliphatic carbocycles. The fourth-order valence-corrected chi connectivity index (χ4v) is 2.43. The first-order chi connectivity index (χ1) is 11.8. The fourth-order valence-electron chi connectivity index (χ4n) is 2.43. The van der Waals surface area contributed by atoms with E-state index in [2.05, 4.69) is 14.7 Å². The molecule has 0 radical (unpaired) electrons. The van der Waals surface area contributed by atoms with Gasteiger partial charge in [0.2, 0.25) is 11.5 Å². The number of hydrogen-bond donors (Lipinski definition) is 2. The molecule has 2 aliphatic heterocycles. The van der Waals surface area contributed by atoms with Gasteiger partial charge in [0.1, 0.15) is 17.2 Å². The molecule has 0 saturated carbocycles. The van der Waals surface area contributed by atoms with E-state index < -0.39 is 29.1 Å². The van der Waals surface area contributed by atoms with E-state index in [1.165, 1.54) is 7.11 Å². The number of allylic oxidation sites excluding steroid dienone is 1. The van der Waals surface area contributed by atoms with E-state index in [1.807, 2.05) is 0 Å². The minimum Gasteiger partial charge on any atom is -0.422 e. The zero-order valence-electron chi connectivity index (χ0n) is 13.4. The highest BCUT2D eigenvalue weighted by Gasteiger charge is 2.39. The smallest absolute Gasteiger partial charge is 0.422 e. The van der Waals surface area contributed by atoms with Gasteiger partial charge in [-0.05, 0) is 18.2 Å². The number of nitrogen functional groups attached to an aromatic ring is 1. The first kappa shape index (κ1) is 16.5. The van der Waals surface area contributed by atoms with Gasteiger partial charge < -0.3 is 10.5 Å². The average Bonchev–Trinajstić information content (AvgIpc) is 2.88. The van der Waals surface area contributed by atoms with Crippen LogP contribution in [-0.2, 0) is 4.74 Å². The molecule has 7 nitrogen and oxygen atoms in total. The van der Waals surface area contributed by atoms with Gasteiger partial charge in [-0.1, -0.05) is 0 Å². The predicted octanol–water partition coefficient (Wildman–Crippen LogP) is 0.381. The molecule has 1 unspecified atom stereocenters. The third-order valence-corrected chi connectivity index (χ3v) is 3.78. The lowest BCUT2D eigenvalue weighted by molar-refractivity contribution is 0.105. The van der Waals surface area contributed by atoms with Crippen LogP contribution in [0.5, 0.6) is 0 Å². The molecule has 0 spiro atoms. The van der Waals surface area contributed by atoms with Crippen molar-refractivity contribution in [2.45, 2.75) is 13.1 Å². The summed E-state index contributed by atoms with van der Waals surface area (Å²) in [7, 11) is 1.37. The molecule has 0 saturated heterocycles. The van der Waals surface area contributed by atoms with Crippen molar-refractivity contribution in [2.24, 2.45) is 15.7 Å².